The van der Waals surface area contributed by atoms with Gasteiger partial charge < -0.3 is 10.1 Å². The molecular formula is C15H22N2O2. The number of methoxy groups -OCH3 is 1. The van der Waals surface area contributed by atoms with Crippen molar-refractivity contribution in [1.82, 2.24) is 10.2 Å². The number of rotatable bonds is 5. The van der Waals surface area contributed by atoms with Gasteiger partial charge in [0.05, 0.1) is 13.7 Å². The van der Waals surface area contributed by atoms with Crippen molar-refractivity contribution in [3.63, 3.8) is 0 Å². The molecule has 1 heterocycles. The van der Waals surface area contributed by atoms with E-state index in [2.05, 4.69) is 10.2 Å². The molecule has 4 nitrogen and oxygen atoms in total. The number of nitrogens with one attached hydrogen (secondary N) is 1. The maximum Gasteiger partial charge on any atom is 0.234 e. The van der Waals surface area contributed by atoms with Gasteiger partial charge in [-0.15, -0.1) is 0 Å². The predicted molar refractivity (Wildman–Crippen MR) is 75.1 cm³/mol. The van der Waals surface area contributed by atoms with Crippen molar-refractivity contribution in [3.05, 3.63) is 29.8 Å². The second kappa shape index (κ2) is 7.14. The van der Waals surface area contributed by atoms with E-state index in [0.717, 1.165) is 24.4 Å². The fourth-order valence-corrected chi connectivity index (χ4v) is 2.32. The summed E-state index contributed by atoms with van der Waals surface area (Å²) in [4.78, 5) is 14.1. The summed E-state index contributed by atoms with van der Waals surface area (Å²) in [6.45, 7) is 3.21. The second-order valence-corrected chi connectivity index (χ2v) is 4.96. The van der Waals surface area contributed by atoms with Gasteiger partial charge in [-0.1, -0.05) is 18.6 Å². The van der Waals surface area contributed by atoms with Gasteiger partial charge in [-0.25, -0.2) is 0 Å². The van der Waals surface area contributed by atoms with Crippen LogP contribution in [-0.4, -0.2) is 37.6 Å². The number of carbonyl (C=O) groups is 1. The topological polar surface area (TPSA) is 41.6 Å². The van der Waals surface area contributed by atoms with E-state index in [9.17, 15) is 4.79 Å². The van der Waals surface area contributed by atoms with Crippen LogP contribution in [0.4, 0.5) is 0 Å². The summed E-state index contributed by atoms with van der Waals surface area (Å²) in [6, 6.07) is 7.76. The Bertz CT molecular complexity index is 397. The minimum absolute atomic E-state index is 0.109. The summed E-state index contributed by atoms with van der Waals surface area (Å²) in [5.74, 6) is 0.945. The van der Waals surface area contributed by atoms with Crippen molar-refractivity contribution in [3.8, 4) is 5.75 Å². The van der Waals surface area contributed by atoms with Gasteiger partial charge in [0.15, 0.2) is 0 Å². The summed E-state index contributed by atoms with van der Waals surface area (Å²) in [5, 5.41) is 2.96. The summed E-state index contributed by atoms with van der Waals surface area (Å²) in [7, 11) is 1.65. The normalized spacial score (nSPS) is 16.1. The maximum absolute atomic E-state index is 11.8. The summed E-state index contributed by atoms with van der Waals surface area (Å²) in [6.07, 6.45) is 3.72. The van der Waals surface area contributed by atoms with Crippen LogP contribution < -0.4 is 10.1 Å². The third-order valence-corrected chi connectivity index (χ3v) is 3.46. The monoisotopic (exact) mass is 262 g/mol. The molecule has 104 valence electrons. The molecule has 1 amide bonds. The zero-order valence-electron chi connectivity index (χ0n) is 11.5. The highest BCUT2D eigenvalue weighted by molar-refractivity contribution is 5.78. The molecule has 0 radical (unpaired) electrons. The summed E-state index contributed by atoms with van der Waals surface area (Å²) >= 11 is 0. The average molecular weight is 262 g/mol. The average Bonchev–Trinajstić information content (AvgIpc) is 2.47. The van der Waals surface area contributed by atoms with Gasteiger partial charge in [-0.3, -0.25) is 9.69 Å². The zero-order chi connectivity index (χ0) is 13.5. The number of ether oxygens (including phenoxy) is 1. The van der Waals surface area contributed by atoms with Gasteiger partial charge in [0, 0.05) is 6.54 Å². The number of amides is 1. The van der Waals surface area contributed by atoms with Crippen LogP contribution in [0.2, 0.25) is 0 Å². The molecule has 0 saturated carbocycles. The Morgan fingerprint density at radius 2 is 1.89 bits per heavy atom. The molecule has 0 bridgehead atoms. The molecule has 0 unspecified atom stereocenters. The SMILES string of the molecule is COc1ccc(CNC(=O)CN2CCCCC2)cc1. The van der Waals surface area contributed by atoms with E-state index >= 15 is 0 Å². The van der Waals surface area contributed by atoms with E-state index in [4.69, 9.17) is 4.74 Å². The Balaban J connectivity index is 1.72. The highest BCUT2D eigenvalue weighted by Gasteiger charge is 2.13. The standard InChI is InChI=1S/C15H22N2O2/c1-19-14-7-5-13(6-8-14)11-16-15(18)12-17-9-3-2-4-10-17/h5-8H,2-4,9-12H2,1H3,(H,16,18). The molecule has 1 aliphatic heterocycles. The highest BCUT2D eigenvalue weighted by atomic mass is 16.5. The largest absolute Gasteiger partial charge is 0.497 e. The summed E-state index contributed by atoms with van der Waals surface area (Å²) in [5.41, 5.74) is 1.09. The third-order valence-electron chi connectivity index (χ3n) is 3.46. The van der Waals surface area contributed by atoms with Gasteiger partial charge in [0.25, 0.3) is 0 Å². The number of likely N-dealkylation sites (tertiary alicyclic amines) is 1. The lowest BCUT2D eigenvalue weighted by Gasteiger charge is -2.25. The lowest BCUT2D eigenvalue weighted by Crippen LogP contribution is -2.39. The van der Waals surface area contributed by atoms with Crippen LogP contribution >= 0.6 is 0 Å². The van der Waals surface area contributed by atoms with Crippen molar-refractivity contribution in [2.24, 2.45) is 0 Å². The van der Waals surface area contributed by atoms with Crippen LogP contribution in [0.15, 0.2) is 24.3 Å². The van der Waals surface area contributed by atoms with Crippen LogP contribution in [0, 0.1) is 0 Å². The Morgan fingerprint density at radius 3 is 2.53 bits per heavy atom. The molecule has 1 saturated heterocycles. The molecule has 0 atom stereocenters. The molecule has 2 rings (SSSR count). The van der Waals surface area contributed by atoms with Crippen LogP contribution in [0.1, 0.15) is 24.8 Å². The number of hydrogen-bond acceptors (Lipinski definition) is 3. The summed E-state index contributed by atoms with van der Waals surface area (Å²) < 4.78 is 5.10. The number of nitrogens with zero attached hydrogens (tertiary/aromatic N) is 1. The maximum atomic E-state index is 11.8. The van der Waals surface area contributed by atoms with E-state index in [1.54, 1.807) is 7.11 Å². The third kappa shape index (κ3) is 4.56. The zero-order valence-corrected chi connectivity index (χ0v) is 11.5. The first-order chi connectivity index (χ1) is 9.28. The lowest BCUT2D eigenvalue weighted by molar-refractivity contribution is -0.122. The van der Waals surface area contributed by atoms with Crippen molar-refractivity contribution in [2.45, 2.75) is 25.8 Å². The van der Waals surface area contributed by atoms with Gasteiger partial charge in [-0.05, 0) is 43.6 Å². The second-order valence-electron chi connectivity index (χ2n) is 4.96. The first-order valence-corrected chi connectivity index (χ1v) is 6.90. The van der Waals surface area contributed by atoms with Gasteiger partial charge >= 0.3 is 0 Å². The molecule has 0 spiro atoms. The van der Waals surface area contributed by atoms with Gasteiger partial charge in [0.1, 0.15) is 5.75 Å². The Kier molecular flexibility index (Phi) is 5.21. The number of hydrogen-bond donors (Lipinski definition) is 1. The number of piperidine rings is 1. The molecule has 1 aliphatic rings. The predicted octanol–water partition coefficient (Wildman–Crippen LogP) is 1.80. The highest BCUT2D eigenvalue weighted by Crippen LogP contribution is 2.11. The Labute approximate surface area is 114 Å². The fourth-order valence-electron chi connectivity index (χ4n) is 2.32. The van der Waals surface area contributed by atoms with Crippen molar-refractivity contribution >= 4 is 5.91 Å². The lowest BCUT2D eigenvalue weighted by atomic mass is 10.1. The Hall–Kier alpha value is -1.55. The van der Waals surface area contributed by atoms with Gasteiger partial charge in [0.2, 0.25) is 5.91 Å². The minimum Gasteiger partial charge on any atom is -0.497 e. The van der Waals surface area contributed by atoms with Crippen LogP contribution in [0.25, 0.3) is 0 Å². The van der Waals surface area contributed by atoms with Crippen molar-refractivity contribution in [1.29, 1.82) is 0 Å². The molecule has 4 heteroatoms. The smallest absolute Gasteiger partial charge is 0.234 e. The van der Waals surface area contributed by atoms with Crippen LogP contribution in [0.3, 0.4) is 0 Å². The molecule has 0 aromatic heterocycles. The molecule has 1 fully saturated rings. The molecule has 1 aromatic rings. The van der Waals surface area contributed by atoms with Gasteiger partial charge in [-0.2, -0.15) is 0 Å². The Morgan fingerprint density at radius 1 is 1.21 bits per heavy atom. The van der Waals surface area contributed by atoms with E-state index in [0.29, 0.717) is 13.1 Å². The number of benzene rings is 1. The quantitative estimate of drug-likeness (QED) is 0.879. The molecule has 0 aliphatic carbocycles. The van der Waals surface area contributed by atoms with Crippen LogP contribution in [-0.2, 0) is 11.3 Å². The first kappa shape index (κ1) is 13.9. The molecule has 1 aromatic carbocycles. The van der Waals surface area contributed by atoms with Crippen molar-refractivity contribution < 1.29 is 9.53 Å². The number of carbonyl (C=O) groups excluding carboxylic acids is 1. The van der Waals surface area contributed by atoms with Crippen LogP contribution in [0.5, 0.6) is 5.75 Å². The van der Waals surface area contributed by atoms with Crippen molar-refractivity contribution in [2.75, 3.05) is 26.7 Å². The van der Waals surface area contributed by atoms with E-state index in [1.165, 1.54) is 19.3 Å². The first-order valence-electron chi connectivity index (χ1n) is 6.90. The minimum atomic E-state index is 0.109. The van der Waals surface area contributed by atoms with E-state index in [1.807, 2.05) is 24.3 Å². The molecular weight excluding hydrogens is 240 g/mol. The fraction of sp³-hybridized carbons (Fsp3) is 0.533. The van der Waals surface area contributed by atoms with E-state index < -0.39 is 0 Å². The molecule has 1 N–H and O–H groups in total. The molecule has 19 heavy (non-hydrogen) atoms. The van der Waals surface area contributed by atoms with E-state index in [-0.39, 0.29) is 5.91 Å².